The molecule has 1 amide bonds. The zero-order valence-electron chi connectivity index (χ0n) is 28.9. The first-order valence-corrected chi connectivity index (χ1v) is 19.0. The van der Waals surface area contributed by atoms with Crippen molar-refractivity contribution in [3.05, 3.63) is 105 Å². The number of anilines is 1. The van der Waals surface area contributed by atoms with Crippen molar-refractivity contribution < 1.29 is 22.7 Å². The van der Waals surface area contributed by atoms with E-state index in [0.29, 0.717) is 68.8 Å². The molecule has 0 radical (unpaired) electrons. The summed E-state index contributed by atoms with van der Waals surface area (Å²) in [6.07, 6.45) is 5.38. The number of halogens is 3. The summed E-state index contributed by atoms with van der Waals surface area (Å²) in [4.78, 5) is 27.0. The molecule has 1 fully saturated rings. The third-order valence-corrected chi connectivity index (χ3v) is 12.7. The van der Waals surface area contributed by atoms with Crippen molar-refractivity contribution in [1.29, 1.82) is 0 Å². The SMILES string of the molecule is COc1cccc2c1CC(F)(F)[C@H]2Nc1nccc2cc(-c3c4c(nc(C[C@@H]5CCc6cc(Cl)ccc65)c3-c3nnc(C)o3)[C@H]3CCCN3C4=O)sc12. The molecule has 10 rings (SSSR count). The molecule has 4 aromatic heterocycles. The number of aromatic nitrogens is 4. The lowest BCUT2D eigenvalue weighted by atomic mass is 9.89. The maximum Gasteiger partial charge on any atom is 0.276 e. The summed E-state index contributed by atoms with van der Waals surface area (Å²) in [6, 6.07) is 13.7. The van der Waals surface area contributed by atoms with Crippen LogP contribution in [0, 0.1) is 6.92 Å². The fourth-order valence-corrected chi connectivity index (χ4v) is 10.4. The lowest BCUT2D eigenvalue weighted by molar-refractivity contribution is -0.00734. The van der Waals surface area contributed by atoms with Gasteiger partial charge in [0.05, 0.1) is 40.4 Å². The Kier molecular flexibility index (Phi) is 7.43. The van der Waals surface area contributed by atoms with Gasteiger partial charge >= 0.3 is 0 Å². The molecule has 53 heavy (non-hydrogen) atoms. The summed E-state index contributed by atoms with van der Waals surface area (Å²) in [5.74, 6) is -1.50. The Balaban J connectivity index is 1.15. The number of hydrogen-bond donors (Lipinski definition) is 1. The minimum absolute atomic E-state index is 0.0695. The van der Waals surface area contributed by atoms with E-state index in [2.05, 4.69) is 26.6 Å². The zero-order valence-corrected chi connectivity index (χ0v) is 30.5. The molecule has 2 aliphatic carbocycles. The zero-order chi connectivity index (χ0) is 36.2. The van der Waals surface area contributed by atoms with Gasteiger partial charge in [0.1, 0.15) is 17.6 Å². The van der Waals surface area contributed by atoms with E-state index in [1.165, 1.54) is 29.6 Å². The standard InChI is InChI=1S/C40H33ClF2N6O3S/c1-19-47-48-38(52-19)31-27(16-21-9-8-20-15-23(41)10-11-24(20)21)45-34-28-6-4-14-49(28)39(50)33(34)32(31)30-17-22-12-13-44-37(35(22)53-30)46-36-25-5-3-7-29(51-2)26(25)18-40(36,42)43/h3,5,7,10-13,15,17,21,28,36H,4,6,8-9,14,16,18H2,1-2H3,(H,44,46)/t21-,28+,36-/m0/s1. The van der Waals surface area contributed by atoms with E-state index >= 15 is 8.78 Å². The van der Waals surface area contributed by atoms with Crippen LogP contribution in [0.1, 0.15) is 87.2 Å². The summed E-state index contributed by atoms with van der Waals surface area (Å²) in [5.41, 5.74) is 6.90. The van der Waals surface area contributed by atoms with Crippen molar-refractivity contribution in [3.63, 3.8) is 0 Å². The maximum absolute atomic E-state index is 15.7. The summed E-state index contributed by atoms with van der Waals surface area (Å²) in [5, 5.41) is 13.3. The van der Waals surface area contributed by atoms with Gasteiger partial charge in [0.25, 0.3) is 11.8 Å². The van der Waals surface area contributed by atoms with Gasteiger partial charge in [-0.3, -0.25) is 9.78 Å². The van der Waals surface area contributed by atoms with Gasteiger partial charge in [-0.25, -0.2) is 13.8 Å². The van der Waals surface area contributed by atoms with Gasteiger partial charge in [-0.2, -0.15) is 0 Å². The van der Waals surface area contributed by atoms with Crippen molar-refractivity contribution in [2.24, 2.45) is 0 Å². The van der Waals surface area contributed by atoms with E-state index in [-0.39, 0.29) is 17.9 Å². The van der Waals surface area contributed by atoms with Crippen molar-refractivity contribution in [3.8, 4) is 27.6 Å². The van der Waals surface area contributed by atoms with Crippen LogP contribution < -0.4 is 10.1 Å². The van der Waals surface area contributed by atoms with E-state index in [1.807, 2.05) is 29.2 Å². The average molecular weight is 751 g/mol. The second-order valence-electron chi connectivity index (χ2n) is 14.4. The Hall–Kier alpha value is -4.94. The number of carbonyl (C=O) groups excluding carboxylic acids is 1. The number of aryl methyl sites for hydroxylation is 2. The van der Waals surface area contributed by atoms with E-state index in [4.69, 9.17) is 25.7 Å². The van der Waals surface area contributed by atoms with Crippen LogP contribution in [0.3, 0.4) is 0 Å². The van der Waals surface area contributed by atoms with Crippen LogP contribution in [0.4, 0.5) is 14.6 Å². The molecule has 2 aliphatic heterocycles. The first kappa shape index (κ1) is 32.7. The molecule has 6 aromatic rings. The van der Waals surface area contributed by atoms with E-state index < -0.39 is 18.4 Å². The number of nitrogens with zero attached hydrogens (tertiary/aromatic N) is 5. The highest BCUT2D eigenvalue weighted by atomic mass is 35.5. The highest BCUT2D eigenvalue weighted by Crippen LogP contribution is 2.53. The minimum Gasteiger partial charge on any atom is -0.496 e. The molecule has 0 unspecified atom stereocenters. The van der Waals surface area contributed by atoms with E-state index in [1.54, 1.807) is 31.3 Å². The number of fused-ring (bicyclic) bond motifs is 6. The number of ether oxygens (including phenoxy) is 1. The van der Waals surface area contributed by atoms with Gasteiger partial charge in [0.15, 0.2) is 0 Å². The molecule has 3 atom stereocenters. The number of thiophene rings is 1. The van der Waals surface area contributed by atoms with Crippen LogP contribution in [-0.2, 0) is 19.3 Å². The number of pyridine rings is 2. The van der Waals surface area contributed by atoms with Crippen LogP contribution in [-0.4, -0.2) is 50.5 Å². The molecule has 2 aromatic carbocycles. The van der Waals surface area contributed by atoms with Gasteiger partial charge in [-0.05, 0) is 90.4 Å². The highest BCUT2D eigenvalue weighted by molar-refractivity contribution is 7.23. The molecule has 1 N–H and O–H groups in total. The number of benzene rings is 2. The van der Waals surface area contributed by atoms with Gasteiger partial charge in [0.2, 0.25) is 11.8 Å². The number of alkyl halides is 2. The Morgan fingerprint density at radius 3 is 2.81 bits per heavy atom. The fourth-order valence-electron chi connectivity index (χ4n) is 9.00. The molecule has 0 saturated carbocycles. The number of hydrogen-bond acceptors (Lipinski definition) is 9. The second kappa shape index (κ2) is 12.0. The van der Waals surface area contributed by atoms with Gasteiger partial charge in [-0.15, -0.1) is 21.5 Å². The molecule has 0 spiro atoms. The first-order valence-electron chi connectivity index (χ1n) is 17.8. The molecule has 13 heteroatoms. The predicted molar refractivity (Wildman–Crippen MR) is 198 cm³/mol. The fraction of sp³-hybridized carbons (Fsp3) is 0.325. The first-order chi connectivity index (χ1) is 25.7. The molecule has 268 valence electrons. The molecule has 1 saturated heterocycles. The minimum atomic E-state index is -3.08. The maximum atomic E-state index is 15.7. The Labute approximate surface area is 312 Å². The normalized spacial score (nSPS) is 20.9. The summed E-state index contributed by atoms with van der Waals surface area (Å²) in [6.45, 7) is 2.40. The lowest BCUT2D eigenvalue weighted by Crippen LogP contribution is -2.28. The summed E-state index contributed by atoms with van der Waals surface area (Å²) < 4.78 is 43.7. The summed E-state index contributed by atoms with van der Waals surface area (Å²) >= 11 is 7.78. The van der Waals surface area contributed by atoms with Crippen molar-refractivity contribution in [2.45, 2.75) is 69.4 Å². The van der Waals surface area contributed by atoms with Gasteiger partial charge < -0.3 is 19.4 Å². The number of rotatable bonds is 7. The predicted octanol–water partition coefficient (Wildman–Crippen LogP) is 9.29. The van der Waals surface area contributed by atoms with Crippen molar-refractivity contribution in [1.82, 2.24) is 25.1 Å². The van der Waals surface area contributed by atoms with Crippen LogP contribution in [0.25, 0.3) is 32.0 Å². The molecule has 6 heterocycles. The largest absolute Gasteiger partial charge is 0.496 e. The monoisotopic (exact) mass is 750 g/mol. The van der Waals surface area contributed by atoms with Crippen LogP contribution in [0.5, 0.6) is 5.75 Å². The number of methoxy groups -OCH3 is 1. The molecule has 4 aliphatic rings. The van der Waals surface area contributed by atoms with E-state index in [9.17, 15) is 4.79 Å². The number of amides is 1. The quantitative estimate of drug-likeness (QED) is 0.172. The lowest BCUT2D eigenvalue weighted by Gasteiger charge is -2.22. The van der Waals surface area contributed by atoms with Crippen LogP contribution in [0.2, 0.25) is 5.02 Å². The molecule has 0 bridgehead atoms. The van der Waals surface area contributed by atoms with Gasteiger partial charge in [0, 0.05) is 47.1 Å². The van der Waals surface area contributed by atoms with Gasteiger partial charge in [-0.1, -0.05) is 29.8 Å². The number of carbonyl (C=O) groups is 1. The highest BCUT2D eigenvalue weighted by Gasteiger charge is 2.49. The smallest absolute Gasteiger partial charge is 0.276 e. The second-order valence-corrected chi connectivity index (χ2v) is 15.9. The van der Waals surface area contributed by atoms with Crippen molar-refractivity contribution >= 4 is 44.7 Å². The van der Waals surface area contributed by atoms with Crippen molar-refractivity contribution in [2.75, 3.05) is 19.0 Å². The van der Waals surface area contributed by atoms with E-state index in [0.717, 1.165) is 52.4 Å². The Morgan fingerprint density at radius 1 is 1.09 bits per heavy atom. The topological polar surface area (TPSA) is 106 Å². The molecule has 9 nitrogen and oxygen atoms in total. The molecular formula is C40H33ClF2N6O3S. The van der Waals surface area contributed by atoms with Crippen LogP contribution in [0.15, 0.2) is 59.1 Å². The Morgan fingerprint density at radius 2 is 1.98 bits per heavy atom. The third kappa shape index (κ3) is 5.09. The third-order valence-electron chi connectivity index (χ3n) is 11.3. The summed E-state index contributed by atoms with van der Waals surface area (Å²) in [7, 11) is 1.49. The Bertz CT molecular complexity index is 2500. The molecular weight excluding hydrogens is 718 g/mol. The van der Waals surface area contributed by atoms with Crippen LogP contribution >= 0.6 is 22.9 Å². The average Bonchev–Trinajstić information content (AvgIpc) is 3.99. The number of nitrogens with one attached hydrogen (secondary N) is 1.